The first kappa shape index (κ1) is 25.3. The average Bonchev–Trinajstić information content (AvgIpc) is 2.86. The Bertz CT molecular complexity index is 616. The smallest absolute Gasteiger partial charge is 0.139 e. The quantitative estimate of drug-likeness (QED) is 0.455. The van der Waals surface area contributed by atoms with Crippen LogP contribution in [0.25, 0.3) is 0 Å². The Kier molecular flexibility index (Phi) is 9.41. The molecular formula is C28H46O5. The average molecular weight is 463 g/mol. The van der Waals surface area contributed by atoms with Gasteiger partial charge in [-0.2, -0.15) is 0 Å². The second kappa shape index (κ2) is 12.3. The van der Waals surface area contributed by atoms with E-state index in [1.54, 1.807) is 6.92 Å². The molecule has 0 aliphatic heterocycles. The maximum atomic E-state index is 13.0. The molecule has 5 heteroatoms. The van der Waals surface area contributed by atoms with Gasteiger partial charge >= 0.3 is 0 Å². The summed E-state index contributed by atoms with van der Waals surface area (Å²) in [5.41, 5.74) is 0. The molecule has 0 aromatic heterocycles. The summed E-state index contributed by atoms with van der Waals surface area (Å²) in [4.78, 5) is 24.6. The lowest BCUT2D eigenvalue weighted by Gasteiger charge is -2.37. The van der Waals surface area contributed by atoms with Crippen LogP contribution in [0.15, 0.2) is 0 Å². The number of Topliss-reactive ketones (excluding diaryl/α,β-unsaturated/α-hetero) is 2. The maximum absolute atomic E-state index is 13.0. The minimum Gasteiger partial charge on any atom is -0.381 e. The first-order valence-electron chi connectivity index (χ1n) is 13.9. The second-order valence-electron chi connectivity index (χ2n) is 11.3. The van der Waals surface area contributed by atoms with Gasteiger partial charge in [0.1, 0.15) is 11.6 Å². The van der Waals surface area contributed by atoms with Gasteiger partial charge in [-0.1, -0.05) is 0 Å². The molecule has 0 saturated heterocycles. The van der Waals surface area contributed by atoms with Crippen LogP contribution in [-0.2, 0) is 23.8 Å². The molecule has 0 aromatic carbocycles. The molecule has 4 saturated carbocycles. The van der Waals surface area contributed by atoms with Crippen LogP contribution in [0.1, 0.15) is 110 Å². The van der Waals surface area contributed by atoms with E-state index in [9.17, 15) is 9.59 Å². The van der Waals surface area contributed by atoms with Crippen molar-refractivity contribution >= 4 is 11.6 Å². The molecule has 4 aliphatic carbocycles. The summed E-state index contributed by atoms with van der Waals surface area (Å²) >= 11 is 0. The lowest BCUT2D eigenvalue weighted by atomic mass is 9.73. The van der Waals surface area contributed by atoms with Gasteiger partial charge in [0.15, 0.2) is 0 Å². The molecule has 0 N–H and O–H groups in total. The topological polar surface area (TPSA) is 61.8 Å². The minimum atomic E-state index is 0.197. The molecule has 0 aromatic rings. The highest BCUT2D eigenvalue weighted by Gasteiger charge is 2.35. The van der Waals surface area contributed by atoms with Crippen LogP contribution < -0.4 is 0 Å². The molecule has 0 bridgehead atoms. The first-order chi connectivity index (χ1) is 16.0. The molecule has 0 amide bonds. The molecule has 188 valence electrons. The number of ether oxygens (including phenoxy) is 3. The Balaban J connectivity index is 1.10. The summed E-state index contributed by atoms with van der Waals surface area (Å²) < 4.78 is 18.4. The van der Waals surface area contributed by atoms with Crippen LogP contribution in [0.2, 0.25) is 0 Å². The largest absolute Gasteiger partial charge is 0.381 e. The van der Waals surface area contributed by atoms with Crippen molar-refractivity contribution in [2.24, 2.45) is 17.8 Å². The normalized spacial score (nSPS) is 40.3. The lowest BCUT2D eigenvalue weighted by molar-refractivity contribution is -0.133. The Morgan fingerprint density at radius 3 is 1.15 bits per heavy atom. The van der Waals surface area contributed by atoms with Crippen molar-refractivity contribution in [3.05, 3.63) is 0 Å². The molecule has 0 unspecified atom stereocenters. The standard InChI is InChI=1S/C28H46O5/c1-19(29)20-3-5-21(6-4-20)28(30)22-7-9-24(10-8-22)32-26-15-17-27(18-16-26)33-25-13-11-23(31-2)12-14-25/h20-27H,3-18H2,1-2H3. The van der Waals surface area contributed by atoms with Crippen LogP contribution in [0.4, 0.5) is 0 Å². The van der Waals surface area contributed by atoms with E-state index in [0.29, 0.717) is 42.1 Å². The Morgan fingerprint density at radius 1 is 0.485 bits per heavy atom. The number of hydrogen-bond acceptors (Lipinski definition) is 5. The fourth-order valence-electron chi connectivity index (χ4n) is 6.85. The van der Waals surface area contributed by atoms with Crippen molar-refractivity contribution in [3.8, 4) is 0 Å². The molecule has 4 aliphatic rings. The number of carbonyl (C=O) groups excluding carboxylic acids is 2. The summed E-state index contributed by atoms with van der Waals surface area (Å²) in [6.45, 7) is 1.70. The molecule has 4 rings (SSSR count). The highest BCUT2D eigenvalue weighted by atomic mass is 16.5. The van der Waals surface area contributed by atoms with E-state index in [-0.39, 0.29) is 17.8 Å². The third-order valence-corrected chi connectivity index (χ3v) is 9.13. The third-order valence-electron chi connectivity index (χ3n) is 9.13. The van der Waals surface area contributed by atoms with Crippen LogP contribution in [0.5, 0.6) is 0 Å². The molecule has 5 nitrogen and oxygen atoms in total. The molecule has 4 fully saturated rings. The first-order valence-corrected chi connectivity index (χ1v) is 13.9. The fraction of sp³-hybridized carbons (Fsp3) is 0.929. The van der Waals surface area contributed by atoms with Crippen molar-refractivity contribution in [3.63, 3.8) is 0 Å². The van der Waals surface area contributed by atoms with Crippen molar-refractivity contribution < 1.29 is 23.8 Å². The van der Waals surface area contributed by atoms with Gasteiger partial charge < -0.3 is 14.2 Å². The Hall–Kier alpha value is -0.780. The van der Waals surface area contributed by atoms with Gasteiger partial charge in [0.25, 0.3) is 0 Å². The van der Waals surface area contributed by atoms with Gasteiger partial charge in [-0.15, -0.1) is 0 Å². The minimum absolute atomic E-state index is 0.197. The van der Waals surface area contributed by atoms with Gasteiger partial charge in [0.2, 0.25) is 0 Å². The number of methoxy groups -OCH3 is 1. The zero-order chi connectivity index (χ0) is 23.2. The predicted molar refractivity (Wildman–Crippen MR) is 128 cm³/mol. The third kappa shape index (κ3) is 7.11. The molecule has 0 heterocycles. The second-order valence-corrected chi connectivity index (χ2v) is 11.3. The van der Waals surface area contributed by atoms with Gasteiger partial charge in [-0.05, 0) is 110 Å². The SMILES string of the molecule is COC1CCC(OC2CCC(OC3CCC(C(=O)C4CCC(C(C)=O)CC4)CC3)CC2)CC1. The maximum Gasteiger partial charge on any atom is 0.139 e. The molecule has 0 spiro atoms. The molecule has 0 radical (unpaired) electrons. The van der Waals surface area contributed by atoms with E-state index in [2.05, 4.69) is 0 Å². The molecule has 33 heavy (non-hydrogen) atoms. The van der Waals surface area contributed by atoms with Crippen molar-refractivity contribution in [1.29, 1.82) is 0 Å². The lowest BCUT2D eigenvalue weighted by Crippen LogP contribution is -2.36. The van der Waals surface area contributed by atoms with Crippen molar-refractivity contribution in [2.75, 3.05) is 7.11 Å². The highest BCUT2D eigenvalue weighted by molar-refractivity contribution is 5.84. The van der Waals surface area contributed by atoms with E-state index < -0.39 is 0 Å². The van der Waals surface area contributed by atoms with Crippen LogP contribution >= 0.6 is 0 Å². The van der Waals surface area contributed by atoms with Gasteiger partial charge in [0, 0.05) is 24.9 Å². The Morgan fingerprint density at radius 2 is 0.788 bits per heavy atom. The molecular weight excluding hydrogens is 416 g/mol. The summed E-state index contributed by atoms with van der Waals surface area (Å²) in [5, 5.41) is 0. The summed E-state index contributed by atoms with van der Waals surface area (Å²) in [5.74, 6) is 1.40. The zero-order valence-corrected chi connectivity index (χ0v) is 21.0. The van der Waals surface area contributed by atoms with Gasteiger partial charge in [-0.3, -0.25) is 9.59 Å². The number of carbonyl (C=O) groups is 2. The number of rotatable bonds is 8. The number of hydrogen-bond donors (Lipinski definition) is 0. The van der Waals surface area contributed by atoms with Crippen molar-refractivity contribution in [1.82, 2.24) is 0 Å². The Labute approximate surface area is 200 Å². The van der Waals surface area contributed by atoms with Crippen LogP contribution in [-0.4, -0.2) is 49.2 Å². The summed E-state index contributed by atoms with van der Waals surface area (Å²) in [6.07, 6.45) is 18.6. The number of ketones is 2. The molecule has 0 atom stereocenters. The van der Waals surface area contributed by atoms with E-state index >= 15 is 0 Å². The van der Waals surface area contributed by atoms with E-state index in [1.165, 1.54) is 0 Å². The van der Waals surface area contributed by atoms with Crippen molar-refractivity contribution in [2.45, 2.75) is 140 Å². The summed E-state index contributed by atoms with van der Waals surface area (Å²) in [7, 11) is 1.82. The highest BCUT2D eigenvalue weighted by Crippen LogP contribution is 2.37. The zero-order valence-electron chi connectivity index (χ0n) is 21.0. The van der Waals surface area contributed by atoms with E-state index in [1.807, 2.05) is 7.11 Å². The predicted octanol–water partition coefficient (Wildman–Crippen LogP) is 5.81. The van der Waals surface area contributed by atoms with Crippen LogP contribution in [0, 0.1) is 17.8 Å². The summed E-state index contributed by atoms with van der Waals surface area (Å²) in [6, 6.07) is 0. The van der Waals surface area contributed by atoms with Gasteiger partial charge in [-0.25, -0.2) is 0 Å². The fourth-order valence-corrected chi connectivity index (χ4v) is 6.85. The van der Waals surface area contributed by atoms with Gasteiger partial charge in [0.05, 0.1) is 30.5 Å². The monoisotopic (exact) mass is 462 g/mol. The van der Waals surface area contributed by atoms with E-state index in [0.717, 1.165) is 103 Å². The van der Waals surface area contributed by atoms with Crippen LogP contribution in [0.3, 0.4) is 0 Å². The van der Waals surface area contributed by atoms with E-state index in [4.69, 9.17) is 14.2 Å².